The van der Waals surface area contributed by atoms with Gasteiger partial charge in [-0.2, -0.15) is 4.98 Å². The Bertz CT molecular complexity index is 1010. The van der Waals surface area contributed by atoms with E-state index in [1.807, 2.05) is 19.2 Å². The van der Waals surface area contributed by atoms with Gasteiger partial charge in [-0.15, -0.1) is 0 Å². The third kappa shape index (κ3) is 5.39. The zero-order valence-corrected chi connectivity index (χ0v) is 19.9. The summed E-state index contributed by atoms with van der Waals surface area (Å²) in [6, 6.07) is 15.6. The second-order valence-corrected chi connectivity index (χ2v) is 9.46. The maximum absolute atomic E-state index is 5.47. The summed E-state index contributed by atoms with van der Waals surface area (Å²) in [5.74, 6) is 2.61. The zero-order chi connectivity index (χ0) is 22.5. The molecule has 2 heterocycles. The van der Waals surface area contributed by atoms with E-state index in [0.29, 0.717) is 23.7 Å². The minimum absolute atomic E-state index is 0.593. The van der Waals surface area contributed by atoms with Gasteiger partial charge in [0.05, 0.1) is 5.69 Å². The van der Waals surface area contributed by atoms with E-state index in [1.54, 1.807) is 0 Å². The van der Waals surface area contributed by atoms with Crippen molar-refractivity contribution in [2.24, 2.45) is 18.9 Å². The van der Waals surface area contributed by atoms with Crippen molar-refractivity contribution in [1.29, 1.82) is 0 Å². The van der Waals surface area contributed by atoms with Crippen LogP contribution in [0.25, 0.3) is 17.6 Å². The highest BCUT2D eigenvalue weighted by Crippen LogP contribution is 2.34. The molecular formula is C27H36N4O. The minimum atomic E-state index is 0.593. The van der Waals surface area contributed by atoms with Crippen LogP contribution in [-0.4, -0.2) is 39.7 Å². The normalized spacial score (nSPS) is 20.3. The summed E-state index contributed by atoms with van der Waals surface area (Å²) in [5.41, 5.74) is 3.61. The van der Waals surface area contributed by atoms with Gasteiger partial charge >= 0.3 is 0 Å². The molecule has 1 saturated carbocycles. The lowest BCUT2D eigenvalue weighted by molar-refractivity contribution is 0.150. The van der Waals surface area contributed by atoms with E-state index < -0.39 is 0 Å². The monoisotopic (exact) mass is 432 g/mol. The molecular weight excluding hydrogens is 396 g/mol. The standard InChI is InChI=1S/C27H36N4O/c1-20-10-17-25(31(20)4)27-28-26(32-29-27)19-14-22-11-15-23(16-12-22)24(30(2)3)18-13-21-8-6-5-7-9-21/h5-10,14,17,19,22-24H,11-13,15-16,18H2,1-4H3/b19-14+. The maximum Gasteiger partial charge on any atom is 0.250 e. The van der Waals surface area contributed by atoms with Crippen LogP contribution in [0.4, 0.5) is 0 Å². The van der Waals surface area contributed by atoms with Crippen molar-refractivity contribution in [2.45, 2.75) is 51.5 Å². The molecule has 170 valence electrons. The van der Waals surface area contributed by atoms with E-state index in [-0.39, 0.29) is 0 Å². The van der Waals surface area contributed by atoms with Gasteiger partial charge < -0.3 is 14.0 Å². The molecule has 1 aliphatic rings. The molecule has 3 aromatic rings. The van der Waals surface area contributed by atoms with Crippen LogP contribution < -0.4 is 0 Å². The van der Waals surface area contributed by atoms with E-state index in [4.69, 9.17) is 4.52 Å². The Labute approximate surface area is 192 Å². The number of aromatic nitrogens is 3. The van der Waals surface area contributed by atoms with Crippen LogP contribution in [0.5, 0.6) is 0 Å². The van der Waals surface area contributed by atoms with Gasteiger partial charge in [0.25, 0.3) is 5.89 Å². The summed E-state index contributed by atoms with van der Waals surface area (Å²) in [4.78, 5) is 7.01. The average Bonchev–Trinajstić information content (AvgIpc) is 3.40. The third-order valence-corrected chi connectivity index (χ3v) is 7.15. The molecule has 5 nitrogen and oxygen atoms in total. The molecule has 0 spiro atoms. The topological polar surface area (TPSA) is 47.1 Å². The number of benzene rings is 1. The first-order chi connectivity index (χ1) is 15.5. The van der Waals surface area contributed by atoms with Crippen molar-refractivity contribution in [1.82, 2.24) is 19.6 Å². The lowest BCUT2D eigenvalue weighted by atomic mass is 9.76. The van der Waals surface area contributed by atoms with Gasteiger partial charge in [0.15, 0.2) is 0 Å². The minimum Gasteiger partial charge on any atom is -0.345 e. The highest BCUT2D eigenvalue weighted by Gasteiger charge is 2.28. The summed E-state index contributed by atoms with van der Waals surface area (Å²) in [5, 5.41) is 4.16. The predicted octanol–water partition coefficient (Wildman–Crippen LogP) is 5.77. The Hall–Kier alpha value is -2.66. The molecule has 1 unspecified atom stereocenters. The second kappa shape index (κ2) is 10.3. The number of hydrogen-bond acceptors (Lipinski definition) is 4. The van der Waals surface area contributed by atoms with E-state index in [0.717, 1.165) is 18.0 Å². The summed E-state index contributed by atoms with van der Waals surface area (Å²) in [6.07, 6.45) is 11.7. The van der Waals surface area contributed by atoms with Crippen LogP contribution in [0.3, 0.4) is 0 Å². The molecule has 1 aliphatic carbocycles. The molecule has 2 aromatic heterocycles. The number of rotatable bonds is 8. The van der Waals surface area contributed by atoms with Crippen LogP contribution in [0.15, 0.2) is 53.1 Å². The average molecular weight is 433 g/mol. The Morgan fingerprint density at radius 1 is 1.09 bits per heavy atom. The highest BCUT2D eigenvalue weighted by atomic mass is 16.5. The largest absolute Gasteiger partial charge is 0.345 e. The van der Waals surface area contributed by atoms with E-state index in [2.05, 4.69) is 83.1 Å². The Morgan fingerprint density at radius 2 is 1.84 bits per heavy atom. The van der Waals surface area contributed by atoms with E-state index in [9.17, 15) is 0 Å². The SMILES string of the molecule is Cc1ccc(-c2noc(/C=C/C3CCC(C(CCc4ccccc4)N(C)C)CC3)n2)n1C. The van der Waals surface area contributed by atoms with E-state index in [1.165, 1.54) is 43.4 Å². The van der Waals surface area contributed by atoms with Crippen molar-refractivity contribution in [3.05, 3.63) is 65.7 Å². The van der Waals surface area contributed by atoms with Gasteiger partial charge in [0, 0.05) is 18.8 Å². The molecule has 0 aliphatic heterocycles. The molecule has 0 saturated heterocycles. The van der Waals surface area contributed by atoms with Gasteiger partial charge in [0.2, 0.25) is 5.82 Å². The van der Waals surface area contributed by atoms with Crippen molar-refractivity contribution < 1.29 is 4.52 Å². The molecule has 0 amide bonds. The summed E-state index contributed by atoms with van der Waals surface area (Å²) < 4.78 is 7.55. The van der Waals surface area contributed by atoms with Gasteiger partial charge in [-0.3, -0.25) is 0 Å². The van der Waals surface area contributed by atoms with Crippen molar-refractivity contribution >= 4 is 6.08 Å². The fourth-order valence-corrected chi connectivity index (χ4v) is 5.06. The van der Waals surface area contributed by atoms with Crippen molar-refractivity contribution in [3.63, 3.8) is 0 Å². The van der Waals surface area contributed by atoms with Crippen molar-refractivity contribution in [3.8, 4) is 11.5 Å². The lowest BCUT2D eigenvalue weighted by Gasteiger charge is -2.37. The zero-order valence-electron chi connectivity index (χ0n) is 19.9. The van der Waals surface area contributed by atoms with E-state index >= 15 is 0 Å². The maximum atomic E-state index is 5.47. The predicted molar refractivity (Wildman–Crippen MR) is 130 cm³/mol. The fraction of sp³-hybridized carbons (Fsp3) is 0.481. The number of aryl methyl sites for hydroxylation is 2. The molecule has 0 bridgehead atoms. The Balaban J connectivity index is 1.30. The first-order valence-corrected chi connectivity index (χ1v) is 11.9. The molecule has 5 heteroatoms. The molecule has 32 heavy (non-hydrogen) atoms. The van der Waals surface area contributed by atoms with Crippen LogP contribution >= 0.6 is 0 Å². The fourth-order valence-electron chi connectivity index (χ4n) is 5.06. The molecule has 1 fully saturated rings. The first-order valence-electron chi connectivity index (χ1n) is 11.9. The third-order valence-electron chi connectivity index (χ3n) is 7.15. The van der Waals surface area contributed by atoms with Gasteiger partial charge in [0.1, 0.15) is 0 Å². The lowest BCUT2D eigenvalue weighted by Crippen LogP contribution is -2.37. The quantitative estimate of drug-likeness (QED) is 0.454. The van der Waals surface area contributed by atoms with Gasteiger partial charge in [-0.1, -0.05) is 41.6 Å². The Kier molecular flexibility index (Phi) is 7.26. The first kappa shape index (κ1) is 22.5. The summed E-state index contributed by atoms with van der Waals surface area (Å²) in [7, 11) is 6.50. The molecule has 0 radical (unpaired) electrons. The van der Waals surface area contributed by atoms with Crippen LogP contribution in [0, 0.1) is 18.8 Å². The highest BCUT2D eigenvalue weighted by molar-refractivity contribution is 5.52. The smallest absolute Gasteiger partial charge is 0.250 e. The molecule has 1 atom stereocenters. The number of nitrogens with zero attached hydrogens (tertiary/aromatic N) is 4. The molecule has 4 rings (SSSR count). The summed E-state index contributed by atoms with van der Waals surface area (Å²) in [6.45, 7) is 2.07. The number of hydrogen-bond donors (Lipinski definition) is 0. The van der Waals surface area contributed by atoms with Crippen LogP contribution in [-0.2, 0) is 13.5 Å². The summed E-state index contributed by atoms with van der Waals surface area (Å²) >= 11 is 0. The van der Waals surface area contributed by atoms with Crippen LogP contribution in [0.1, 0.15) is 49.3 Å². The molecule has 0 N–H and O–H groups in total. The molecule has 1 aromatic carbocycles. The number of allylic oxidation sites excluding steroid dienone is 1. The van der Waals surface area contributed by atoms with Gasteiger partial charge in [-0.05, 0) is 95.2 Å². The van der Waals surface area contributed by atoms with Crippen molar-refractivity contribution in [2.75, 3.05) is 14.1 Å². The van der Waals surface area contributed by atoms with Crippen LogP contribution in [0.2, 0.25) is 0 Å². The van der Waals surface area contributed by atoms with Gasteiger partial charge in [-0.25, -0.2) is 0 Å². The Morgan fingerprint density at radius 3 is 2.50 bits per heavy atom. The second-order valence-electron chi connectivity index (χ2n) is 9.46.